The average molecular weight is 351 g/mol. The first-order valence-electron chi connectivity index (χ1n) is 8.73. The maximum Gasteiger partial charge on any atom is 0.264 e. The van der Waals surface area contributed by atoms with Crippen molar-refractivity contribution in [2.45, 2.75) is 64.4 Å². The fourth-order valence-electron chi connectivity index (χ4n) is 3.62. The molecule has 1 atom stereocenters. The third kappa shape index (κ3) is 4.05. The number of amides is 1. The number of nitrogens with one attached hydrogen (secondary N) is 1. The van der Waals surface area contributed by atoms with Crippen LogP contribution in [0.3, 0.4) is 0 Å². The molecule has 0 aromatic heterocycles. The lowest BCUT2D eigenvalue weighted by atomic mass is 9.76. The van der Waals surface area contributed by atoms with Crippen LogP contribution in [0.15, 0.2) is 12.1 Å². The van der Waals surface area contributed by atoms with Crippen LogP contribution in [0.1, 0.15) is 74.2 Å². The highest BCUT2D eigenvalue weighted by Gasteiger charge is 2.33. The quantitative estimate of drug-likeness (QED) is 0.754. The van der Waals surface area contributed by atoms with E-state index in [-0.39, 0.29) is 23.0 Å². The molecule has 3 nitrogen and oxygen atoms in total. The van der Waals surface area contributed by atoms with Crippen molar-refractivity contribution in [3.05, 3.63) is 29.1 Å². The summed E-state index contributed by atoms with van der Waals surface area (Å²) in [5, 5.41) is 0. The van der Waals surface area contributed by atoms with E-state index in [0.29, 0.717) is 11.7 Å². The summed E-state index contributed by atoms with van der Waals surface area (Å²) in [6.07, 6.45) is 8.43. The van der Waals surface area contributed by atoms with Crippen molar-refractivity contribution in [3.63, 3.8) is 0 Å². The largest absolute Gasteiger partial charge is 0.490 e. The lowest BCUT2D eigenvalue weighted by Gasteiger charge is -2.35. The van der Waals surface area contributed by atoms with Crippen LogP contribution in [0.25, 0.3) is 0 Å². The molecule has 1 aromatic carbocycles. The van der Waals surface area contributed by atoms with Crippen molar-refractivity contribution in [1.29, 1.82) is 0 Å². The molecule has 1 aromatic rings. The van der Waals surface area contributed by atoms with Gasteiger partial charge < -0.3 is 4.74 Å². The molecule has 2 fully saturated rings. The summed E-state index contributed by atoms with van der Waals surface area (Å²) in [6.45, 7) is 4.53. The van der Waals surface area contributed by atoms with Gasteiger partial charge in [0.2, 0.25) is 0 Å². The minimum absolute atomic E-state index is 0.113. The minimum atomic E-state index is -0.504. The van der Waals surface area contributed by atoms with E-state index in [0.717, 1.165) is 37.7 Å². The smallest absolute Gasteiger partial charge is 0.264 e. The second-order valence-corrected chi connectivity index (χ2v) is 8.39. The van der Waals surface area contributed by atoms with Gasteiger partial charge >= 0.3 is 0 Å². The summed E-state index contributed by atoms with van der Waals surface area (Å²) in [4.78, 5) is 12.0. The van der Waals surface area contributed by atoms with Crippen LogP contribution in [-0.2, 0) is 0 Å². The van der Waals surface area contributed by atoms with Gasteiger partial charge in [-0.15, -0.1) is 0 Å². The topological polar surface area (TPSA) is 38.3 Å². The molecule has 2 saturated carbocycles. The number of ether oxygens (including phenoxy) is 1. The average Bonchev–Trinajstić information content (AvgIpc) is 3.31. The van der Waals surface area contributed by atoms with Crippen molar-refractivity contribution in [3.8, 4) is 5.75 Å². The van der Waals surface area contributed by atoms with Gasteiger partial charge in [0.15, 0.2) is 0 Å². The van der Waals surface area contributed by atoms with Crippen molar-refractivity contribution in [2.24, 2.45) is 5.41 Å². The summed E-state index contributed by atoms with van der Waals surface area (Å²) in [6, 6.07) is 3.12. The van der Waals surface area contributed by atoms with Crippen LogP contribution in [0.4, 0.5) is 4.39 Å². The van der Waals surface area contributed by atoms with Gasteiger partial charge in [0.1, 0.15) is 11.6 Å². The summed E-state index contributed by atoms with van der Waals surface area (Å²) in [5.74, 6) is 0.153. The van der Waals surface area contributed by atoms with Gasteiger partial charge in [0.25, 0.3) is 5.91 Å². The van der Waals surface area contributed by atoms with Gasteiger partial charge in [0.05, 0.1) is 11.7 Å². The third-order valence-electron chi connectivity index (χ3n) is 5.01. The first-order chi connectivity index (χ1) is 11.4. The minimum Gasteiger partial charge on any atom is -0.490 e. The van der Waals surface area contributed by atoms with E-state index in [1.807, 2.05) is 0 Å². The number of carbonyl (C=O) groups is 1. The highest BCUT2D eigenvalue weighted by atomic mass is 32.2. The van der Waals surface area contributed by atoms with E-state index in [1.165, 1.54) is 24.4 Å². The molecule has 0 spiro atoms. The van der Waals surface area contributed by atoms with E-state index in [2.05, 4.69) is 18.6 Å². The molecular weight excluding hydrogens is 325 g/mol. The van der Waals surface area contributed by atoms with Gasteiger partial charge in [-0.05, 0) is 61.5 Å². The predicted molar refractivity (Wildman–Crippen MR) is 96.0 cm³/mol. The van der Waals surface area contributed by atoms with Gasteiger partial charge in [-0.3, -0.25) is 9.52 Å². The van der Waals surface area contributed by atoms with Crippen LogP contribution < -0.4 is 9.46 Å². The Morgan fingerprint density at radius 1 is 1.33 bits per heavy atom. The standard InChI is InChI=1S/C19H26FNO2S/c1-19(2)8-4-5-13(11-19)23-17-10-16(20)15(18(22)21-24-3)9-14(17)12-6-7-12/h9-10,12-13H,4-8,11H2,1-3H3,(H,21,22). The third-order valence-corrected chi connectivity index (χ3v) is 5.40. The van der Waals surface area contributed by atoms with Crippen LogP contribution in [0, 0.1) is 11.2 Å². The molecule has 24 heavy (non-hydrogen) atoms. The fraction of sp³-hybridized carbons (Fsp3) is 0.632. The molecule has 1 amide bonds. The van der Waals surface area contributed by atoms with E-state index < -0.39 is 5.82 Å². The number of carbonyl (C=O) groups excluding carboxylic acids is 1. The summed E-state index contributed by atoms with van der Waals surface area (Å²) < 4.78 is 23.3. The molecule has 1 unspecified atom stereocenters. The van der Waals surface area contributed by atoms with Crippen molar-refractivity contribution >= 4 is 17.9 Å². The molecule has 1 N–H and O–H groups in total. The maximum absolute atomic E-state index is 14.4. The second kappa shape index (κ2) is 6.95. The van der Waals surface area contributed by atoms with Crippen molar-refractivity contribution < 1.29 is 13.9 Å². The number of hydrogen-bond acceptors (Lipinski definition) is 3. The second-order valence-electron chi connectivity index (χ2n) is 7.78. The van der Waals surface area contributed by atoms with Gasteiger partial charge in [0, 0.05) is 12.3 Å². The van der Waals surface area contributed by atoms with Gasteiger partial charge in [-0.2, -0.15) is 0 Å². The highest BCUT2D eigenvalue weighted by molar-refractivity contribution is 7.97. The monoisotopic (exact) mass is 351 g/mol. The number of rotatable bonds is 5. The zero-order chi connectivity index (χ0) is 17.3. The first-order valence-corrected chi connectivity index (χ1v) is 9.95. The molecule has 0 saturated heterocycles. The van der Waals surface area contributed by atoms with Crippen LogP contribution in [0.2, 0.25) is 0 Å². The Morgan fingerprint density at radius 3 is 2.71 bits per heavy atom. The van der Waals surface area contributed by atoms with Crippen LogP contribution in [-0.4, -0.2) is 18.3 Å². The Morgan fingerprint density at radius 2 is 2.08 bits per heavy atom. The van der Waals surface area contributed by atoms with E-state index in [1.54, 1.807) is 12.3 Å². The van der Waals surface area contributed by atoms with E-state index in [9.17, 15) is 9.18 Å². The molecule has 0 bridgehead atoms. The normalized spacial score (nSPS) is 22.9. The molecule has 0 heterocycles. The lowest BCUT2D eigenvalue weighted by Crippen LogP contribution is -2.30. The lowest BCUT2D eigenvalue weighted by molar-refractivity contribution is 0.0840. The molecule has 3 rings (SSSR count). The Balaban J connectivity index is 1.84. The molecular formula is C19H26FNO2S. The molecule has 5 heteroatoms. The zero-order valence-electron chi connectivity index (χ0n) is 14.7. The van der Waals surface area contributed by atoms with Gasteiger partial charge in [-0.25, -0.2) is 4.39 Å². The Labute approximate surface area is 147 Å². The van der Waals surface area contributed by atoms with Gasteiger partial charge in [-0.1, -0.05) is 25.8 Å². The highest BCUT2D eigenvalue weighted by Crippen LogP contribution is 2.46. The maximum atomic E-state index is 14.4. The Kier molecular flexibility index (Phi) is 5.09. The molecule has 2 aliphatic carbocycles. The molecule has 0 radical (unpaired) electrons. The van der Waals surface area contributed by atoms with Crippen LogP contribution in [0.5, 0.6) is 5.75 Å². The number of halogens is 1. The van der Waals surface area contributed by atoms with Crippen LogP contribution >= 0.6 is 11.9 Å². The molecule has 0 aliphatic heterocycles. The summed E-state index contributed by atoms with van der Waals surface area (Å²) in [7, 11) is 0. The van der Waals surface area contributed by atoms with Crippen molar-refractivity contribution in [2.75, 3.05) is 6.26 Å². The van der Waals surface area contributed by atoms with Crippen molar-refractivity contribution in [1.82, 2.24) is 4.72 Å². The first kappa shape index (κ1) is 17.6. The SMILES string of the molecule is CSNC(=O)c1cc(C2CC2)c(OC2CCCC(C)(C)C2)cc1F. The summed E-state index contributed by atoms with van der Waals surface area (Å²) >= 11 is 1.18. The number of hydrogen-bond donors (Lipinski definition) is 1. The summed E-state index contributed by atoms with van der Waals surface area (Å²) in [5.41, 5.74) is 1.38. The Hall–Kier alpha value is -1.23. The molecule has 132 valence electrons. The van der Waals surface area contributed by atoms with E-state index in [4.69, 9.17) is 4.74 Å². The number of benzene rings is 1. The fourth-order valence-corrected chi connectivity index (χ4v) is 3.91. The zero-order valence-corrected chi connectivity index (χ0v) is 15.5. The predicted octanol–water partition coefficient (Wildman–Crippen LogP) is 5.06. The van der Waals surface area contributed by atoms with E-state index >= 15 is 0 Å². The Bertz CT molecular complexity index is 628. The molecule has 2 aliphatic rings.